The molecule has 0 atom stereocenters. The molecule has 130 valence electrons. The Hall–Kier alpha value is -1.85. The van der Waals surface area contributed by atoms with Gasteiger partial charge in [-0.15, -0.1) is 11.3 Å². The molecule has 25 heavy (non-hydrogen) atoms. The number of amides is 1. The normalized spacial score (nSPS) is 15.9. The van der Waals surface area contributed by atoms with E-state index in [-0.39, 0.29) is 5.91 Å². The molecule has 0 N–H and O–H groups in total. The number of fused-ring (bicyclic) bond motifs is 1. The summed E-state index contributed by atoms with van der Waals surface area (Å²) in [6.45, 7) is 5.93. The third kappa shape index (κ3) is 2.96. The fourth-order valence-electron chi connectivity index (χ4n) is 3.31. The average molecular weight is 374 g/mol. The second-order valence-corrected chi connectivity index (χ2v) is 8.19. The van der Waals surface area contributed by atoms with E-state index in [1.807, 2.05) is 46.8 Å². The zero-order chi connectivity index (χ0) is 17.6. The number of halogens is 1. The molecule has 3 aromatic rings. The smallest absolute Gasteiger partial charge is 0.264 e. The quantitative estimate of drug-likeness (QED) is 0.639. The van der Waals surface area contributed by atoms with E-state index in [1.165, 1.54) is 11.3 Å². The van der Waals surface area contributed by atoms with Gasteiger partial charge >= 0.3 is 0 Å². The molecule has 2 aromatic heterocycles. The number of thiophene rings is 1. The number of benzene rings is 1. The van der Waals surface area contributed by atoms with Crippen molar-refractivity contribution < 1.29 is 4.79 Å². The molecule has 0 spiro atoms. The Balaban J connectivity index is 1.73. The fraction of sp³-hybridized carbons (Fsp3) is 0.368. The molecule has 4 rings (SSSR count). The molecule has 3 heterocycles. The number of aryl methyl sites for hydroxylation is 1. The summed E-state index contributed by atoms with van der Waals surface area (Å²) in [6, 6.07) is 9.63. The van der Waals surface area contributed by atoms with E-state index in [1.54, 1.807) is 0 Å². The maximum absolute atomic E-state index is 12.9. The van der Waals surface area contributed by atoms with Crippen molar-refractivity contribution in [2.24, 2.45) is 5.92 Å². The van der Waals surface area contributed by atoms with Crippen LogP contribution in [0.15, 0.2) is 30.3 Å². The van der Waals surface area contributed by atoms with Crippen LogP contribution < -0.4 is 0 Å². The van der Waals surface area contributed by atoms with Gasteiger partial charge in [0, 0.05) is 18.5 Å². The second-order valence-electron chi connectivity index (χ2n) is 6.75. The highest BCUT2D eigenvalue weighted by molar-refractivity contribution is 7.20. The number of aromatic nitrogens is 2. The third-order valence-electron chi connectivity index (χ3n) is 4.91. The number of carbonyl (C=O) groups is 1. The Morgan fingerprint density at radius 1 is 1.28 bits per heavy atom. The molecular weight excluding hydrogens is 354 g/mol. The van der Waals surface area contributed by atoms with Gasteiger partial charge in [0.2, 0.25) is 0 Å². The lowest BCUT2D eigenvalue weighted by Gasteiger charge is -2.29. The maximum atomic E-state index is 12.9. The first-order valence-corrected chi connectivity index (χ1v) is 9.77. The molecule has 0 unspecified atom stereocenters. The number of rotatable bonds is 2. The van der Waals surface area contributed by atoms with Gasteiger partial charge in [0.25, 0.3) is 5.91 Å². The summed E-state index contributed by atoms with van der Waals surface area (Å²) in [6.07, 6.45) is 2.17. The molecule has 1 aliphatic rings. The molecule has 0 aliphatic carbocycles. The average Bonchev–Trinajstić information content (AvgIpc) is 3.16. The standard InChI is InChI=1S/C19H20ClN3OS/c1-12-7-9-22(10-8-12)18(24)17-11-14-13(2)21-23(19(14)25-17)16-6-4-3-5-15(16)20/h3-6,11-12H,7-10H2,1-2H3. The first-order valence-electron chi connectivity index (χ1n) is 8.58. The number of nitrogens with zero attached hydrogens (tertiary/aromatic N) is 3. The van der Waals surface area contributed by atoms with Crippen LogP contribution in [-0.4, -0.2) is 33.7 Å². The van der Waals surface area contributed by atoms with E-state index in [4.69, 9.17) is 11.6 Å². The zero-order valence-corrected chi connectivity index (χ0v) is 15.9. The lowest BCUT2D eigenvalue weighted by atomic mass is 9.99. The van der Waals surface area contributed by atoms with Gasteiger partial charge < -0.3 is 4.90 Å². The van der Waals surface area contributed by atoms with Crippen molar-refractivity contribution in [2.45, 2.75) is 26.7 Å². The monoisotopic (exact) mass is 373 g/mol. The van der Waals surface area contributed by atoms with E-state index in [9.17, 15) is 4.79 Å². The summed E-state index contributed by atoms with van der Waals surface area (Å²) >= 11 is 7.84. The van der Waals surface area contributed by atoms with Crippen molar-refractivity contribution in [3.63, 3.8) is 0 Å². The maximum Gasteiger partial charge on any atom is 0.264 e. The molecule has 1 aliphatic heterocycles. The van der Waals surface area contributed by atoms with Crippen LogP contribution >= 0.6 is 22.9 Å². The van der Waals surface area contributed by atoms with Crippen molar-refractivity contribution in [1.82, 2.24) is 14.7 Å². The first kappa shape index (κ1) is 16.6. The van der Waals surface area contributed by atoms with Gasteiger partial charge in [-0.2, -0.15) is 5.10 Å². The van der Waals surface area contributed by atoms with Crippen molar-refractivity contribution in [1.29, 1.82) is 0 Å². The lowest BCUT2D eigenvalue weighted by Crippen LogP contribution is -2.37. The molecular formula is C19H20ClN3OS. The minimum absolute atomic E-state index is 0.137. The van der Waals surface area contributed by atoms with Crippen LogP contribution in [-0.2, 0) is 0 Å². The van der Waals surface area contributed by atoms with Crippen LogP contribution in [0.1, 0.15) is 35.1 Å². The molecule has 0 radical (unpaired) electrons. The lowest BCUT2D eigenvalue weighted by molar-refractivity contribution is 0.0702. The molecule has 1 fully saturated rings. The minimum atomic E-state index is 0.137. The van der Waals surface area contributed by atoms with E-state index >= 15 is 0 Å². The first-order chi connectivity index (χ1) is 12.0. The number of para-hydroxylation sites is 1. The Labute approximate surface area is 156 Å². The Morgan fingerprint density at radius 2 is 2.00 bits per heavy atom. The predicted molar refractivity (Wildman–Crippen MR) is 103 cm³/mol. The van der Waals surface area contributed by atoms with E-state index in [0.29, 0.717) is 10.9 Å². The van der Waals surface area contributed by atoms with Crippen molar-refractivity contribution in [3.8, 4) is 5.69 Å². The minimum Gasteiger partial charge on any atom is -0.338 e. The Bertz CT molecular complexity index is 937. The molecule has 4 nitrogen and oxygen atoms in total. The number of carbonyl (C=O) groups excluding carboxylic acids is 1. The van der Waals surface area contributed by atoms with Crippen molar-refractivity contribution >= 4 is 39.1 Å². The molecule has 1 amide bonds. The number of hydrogen-bond donors (Lipinski definition) is 0. The Kier molecular flexibility index (Phi) is 4.29. The van der Waals surface area contributed by atoms with E-state index < -0.39 is 0 Å². The summed E-state index contributed by atoms with van der Waals surface area (Å²) in [5.41, 5.74) is 1.76. The van der Waals surface area contributed by atoms with Gasteiger partial charge in [-0.25, -0.2) is 4.68 Å². The van der Waals surface area contributed by atoms with Gasteiger partial charge in [0.1, 0.15) is 4.83 Å². The van der Waals surface area contributed by atoms with Gasteiger partial charge in [-0.1, -0.05) is 30.7 Å². The number of piperidine rings is 1. The van der Waals surface area contributed by atoms with Crippen LogP contribution in [0.25, 0.3) is 15.9 Å². The highest BCUT2D eigenvalue weighted by atomic mass is 35.5. The molecule has 0 bridgehead atoms. The van der Waals surface area contributed by atoms with Gasteiger partial charge in [0.05, 0.1) is 21.3 Å². The highest BCUT2D eigenvalue weighted by Gasteiger charge is 2.24. The van der Waals surface area contributed by atoms with Crippen LogP contribution in [0.4, 0.5) is 0 Å². The van der Waals surface area contributed by atoms with Crippen LogP contribution in [0, 0.1) is 12.8 Å². The summed E-state index contributed by atoms with van der Waals surface area (Å²) in [5, 5.41) is 6.30. The molecule has 1 aromatic carbocycles. The molecule has 0 saturated carbocycles. The summed E-state index contributed by atoms with van der Waals surface area (Å²) in [5.74, 6) is 0.848. The van der Waals surface area contributed by atoms with Crippen LogP contribution in [0.2, 0.25) is 5.02 Å². The van der Waals surface area contributed by atoms with Crippen molar-refractivity contribution in [3.05, 3.63) is 45.9 Å². The van der Waals surface area contributed by atoms with E-state index in [2.05, 4.69) is 12.0 Å². The van der Waals surface area contributed by atoms with E-state index in [0.717, 1.165) is 52.4 Å². The summed E-state index contributed by atoms with van der Waals surface area (Å²) in [7, 11) is 0. The molecule has 6 heteroatoms. The highest BCUT2D eigenvalue weighted by Crippen LogP contribution is 2.33. The SMILES string of the molecule is Cc1nn(-c2ccccc2Cl)c2sc(C(=O)N3CCC(C)CC3)cc12. The second kappa shape index (κ2) is 6.46. The van der Waals surface area contributed by atoms with Gasteiger partial charge in [0.15, 0.2) is 0 Å². The number of likely N-dealkylation sites (tertiary alicyclic amines) is 1. The topological polar surface area (TPSA) is 38.1 Å². The van der Waals surface area contributed by atoms with Crippen LogP contribution in [0.3, 0.4) is 0 Å². The van der Waals surface area contributed by atoms with Crippen molar-refractivity contribution in [2.75, 3.05) is 13.1 Å². The predicted octanol–water partition coefficient (Wildman–Crippen LogP) is 4.92. The summed E-state index contributed by atoms with van der Waals surface area (Å²) in [4.78, 5) is 16.6. The summed E-state index contributed by atoms with van der Waals surface area (Å²) < 4.78 is 1.85. The fourth-order valence-corrected chi connectivity index (χ4v) is 4.67. The zero-order valence-electron chi connectivity index (χ0n) is 14.3. The van der Waals surface area contributed by atoms with Crippen LogP contribution in [0.5, 0.6) is 0 Å². The number of hydrogen-bond acceptors (Lipinski definition) is 3. The van der Waals surface area contributed by atoms with Gasteiger partial charge in [-0.3, -0.25) is 4.79 Å². The Morgan fingerprint density at radius 3 is 2.72 bits per heavy atom. The van der Waals surface area contributed by atoms with Gasteiger partial charge in [-0.05, 0) is 43.9 Å². The largest absolute Gasteiger partial charge is 0.338 e. The molecule has 1 saturated heterocycles. The third-order valence-corrected chi connectivity index (χ3v) is 6.33.